The molecule has 0 saturated carbocycles. The number of carbonyl (C=O) groups is 2. The average Bonchev–Trinajstić information content (AvgIpc) is 3.68. The molecule has 6 rings (SSSR count). The van der Waals surface area contributed by atoms with Gasteiger partial charge in [-0.25, -0.2) is 9.97 Å². The largest absolute Gasteiger partial charge is 0.504 e. The summed E-state index contributed by atoms with van der Waals surface area (Å²) in [5, 5.41) is 17.2. The summed E-state index contributed by atoms with van der Waals surface area (Å²) in [6.07, 6.45) is -0.885. The van der Waals surface area contributed by atoms with E-state index in [9.17, 15) is 32.7 Å². The molecule has 48 heavy (non-hydrogen) atoms. The molecular formula is C29H29ClF3N9O5S. The molecule has 4 aromatic rings. The molecule has 2 amide bonds. The van der Waals surface area contributed by atoms with E-state index in [1.54, 1.807) is 18.7 Å². The van der Waals surface area contributed by atoms with Crippen molar-refractivity contribution in [3.63, 3.8) is 0 Å². The standard InChI is InChI=1S/C29H29ClF3N9O5S/c1-3-18-22(39-6-8-40(9-7-39)26(45)21-23(44)15(2)34-14-35-21)27(46)42-28(37-25(38-42)16-4-10-47-11-5-16)41(18)13-19(43)36-20-12-17(24(30)48-20)29(31,32)33/h4,12,14,44H,3,5-11,13H2,1-2H3,(H,36,43). The lowest BCUT2D eigenvalue weighted by Gasteiger charge is -2.36. The molecule has 2 aliphatic rings. The van der Waals surface area contributed by atoms with E-state index in [0.29, 0.717) is 42.5 Å². The maximum absolute atomic E-state index is 14.1. The van der Waals surface area contributed by atoms with Gasteiger partial charge in [0.2, 0.25) is 11.7 Å². The highest BCUT2D eigenvalue weighted by Crippen LogP contribution is 2.42. The van der Waals surface area contributed by atoms with Crippen molar-refractivity contribution in [1.29, 1.82) is 0 Å². The van der Waals surface area contributed by atoms with Gasteiger partial charge in [-0.1, -0.05) is 24.6 Å². The number of carbonyl (C=O) groups excluding carboxylic acids is 2. The molecule has 0 bridgehead atoms. The van der Waals surface area contributed by atoms with E-state index in [-0.39, 0.29) is 66.2 Å². The molecule has 254 valence electrons. The smallest absolute Gasteiger partial charge is 0.418 e. The molecule has 0 aliphatic carbocycles. The summed E-state index contributed by atoms with van der Waals surface area (Å²) in [5.41, 5.74) is 0.0855. The van der Waals surface area contributed by atoms with Gasteiger partial charge >= 0.3 is 6.18 Å². The highest BCUT2D eigenvalue weighted by atomic mass is 35.5. The number of nitrogens with one attached hydrogen (secondary N) is 1. The molecule has 6 heterocycles. The monoisotopic (exact) mass is 707 g/mol. The van der Waals surface area contributed by atoms with Crippen LogP contribution in [0.5, 0.6) is 5.75 Å². The van der Waals surface area contributed by atoms with Crippen LogP contribution in [-0.2, 0) is 28.7 Å². The van der Waals surface area contributed by atoms with Gasteiger partial charge in [0.1, 0.15) is 22.9 Å². The number of amides is 2. The second-order valence-corrected chi connectivity index (χ2v) is 12.7. The van der Waals surface area contributed by atoms with Crippen molar-refractivity contribution in [3.05, 3.63) is 61.6 Å². The van der Waals surface area contributed by atoms with E-state index < -0.39 is 40.0 Å². The minimum Gasteiger partial charge on any atom is -0.504 e. The second-order valence-electron chi connectivity index (χ2n) is 11.0. The third-order valence-electron chi connectivity index (χ3n) is 8.06. The summed E-state index contributed by atoms with van der Waals surface area (Å²) in [5.74, 6) is -1.07. The number of thiophene rings is 1. The van der Waals surface area contributed by atoms with Crippen LogP contribution >= 0.6 is 22.9 Å². The molecule has 0 atom stereocenters. The zero-order valence-corrected chi connectivity index (χ0v) is 27.2. The number of fused-ring (bicyclic) bond motifs is 1. The Bertz CT molecular complexity index is 2000. The Kier molecular flexibility index (Phi) is 9.14. The fourth-order valence-electron chi connectivity index (χ4n) is 5.65. The van der Waals surface area contributed by atoms with Crippen LogP contribution in [0.4, 0.5) is 23.9 Å². The zero-order valence-electron chi connectivity index (χ0n) is 25.7. The maximum Gasteiger partial charge on any atom is 0.418 e. The van der Waals surface area contributed by atoms with Crippen LogP contribution in [0.2, 0.25) is 4.34 Å². The predicted octanol–water partition coefficient (Wildman–Crippen LogP) is 3.40. The van der Waals surface area contributed by atoms with E-state index >= 15 is 0 Å². The highest BCUT2D eigenvalue weighted by molar-refractivity contribution is 7.20. The Hall–Kier alpha value is -4.55. The summed E-state index contributed by atoms with van der Waals surface area (Å²) in [6, 6.07) is 0.772. The number of anilines is 2. The number of hydrogen-bond donors (Lipinski definition) is 2. The summed E-state index contributed by atoms with van der Waals surface area (Å²) in [7, 11) is 0. The van der Waals surface area contributed by atoms with Gasteiger partial charge in [-0.3, -0.25) is 14.4 Å². The van der Waals surface area contributed by atoms with Crippen molar-refractivity contribution in [2.24, 2.45) is 0 Å². The van der Waals surface area contributed by atoms with Crippen molar-refractivity contribution < 1.29 is 32.6 Å². The Balaban J connectivity index is 1.35. The first-order valence-corrected chi connectivity index (χ1v) is 16.1. The number of piperazine rings is 1. The Morgan fingerprint density at radius 2 is 1.94 bits per heavy atom. The SMILES string of the molecule is CCc1c(N2CCN(C(=O)c3ncnc(C)c3O)CC2)c(=O)n2nc(C3=CCOCC3)nc2n1CC(=O)Nc1cc(C(F)(F)F)c(Cl)s1. The van der Waals surface area contributed by atoms with Crippen molar-refractivity contribution in [2.75, 3.05) is 49.6 Å². The highest BCUT2D eigenvalue weighted by Gasteiger charge is 2.35. The number of alkyl halides is 3. The Morgan fingerprint density at radius 3 is 2.58 bits per heavy atom. The molecule has 19 heteroatoms. The molecule has 4 aromatic heterocycles. The maximum atomic E-state index is 14.1. The van der Waals surface area contributed by atoms with E-state index in [1.165, 1.54) is 15.8 Å². The van der Waals surface area contributed by atoms with Crippen LogP contribution in [0.15, 0.2) is 23.3 Å². The first-order chi connectivity index (χ1) is 22.9. The van der Waals surface area contributed by atoms with Crippen molar-refractivity contribution in [1.82, 2.24) is 34.0 Å². The Morgan fingerprint density at radius 1 is 1.19 bits per heavy atom. The number of aryl methyl sites for hydroxylation is 1. The fourth-order valence-corrected chi connectivity index (χ4v) is 6.88. The van der Waals surface area contributed by atoms with Crippen LogP contribution in [-0.4, -0.2) is 90.3 Å². The molecule has 14 nitrogen and oxygen atoms in total. The average molecular weight is 708 g/mol. The van der Waals surface area contributed by atoms with Gasteiger partial charge in [0.15, 0.2) is 17.3 Å². The van der Waals surface area contributed by atoms with Crippen LogP contribution in [0.3, 0.4) is 0 Å². The van der Waals surface area contributed by atoms with Crippen LogP contribution in [0.25, 0.3) is 11.4 Å². The van der Waals surface area contributed by atoms with Gasteiger partial charge in [0.05, 0.1) is 35.2 Å². The minimum atomic E-state index is -4.69. The molecule has 0 radical (unpaired) electrons. The van der Waals surface area contributed by atoms with Crippen LogP contribution in [0, 0.1) is 6.92 Å². The number of hydrogen-bond acceptors (Lipinski definition) is 11. The van der Waals surface area contributed by atoms with Crippen LogP contribution < -0.4 is 15.8 Å². The van der Waals surface area contributed by atoms with Gasteiger partial charge in [0, 0.05) is 26.2 Å². The molecular weight excluding hydrogens is 679 g/mol. The number of aromatic hydroxyl groups is 1. The number of ether oxygens (including phenoxy) is 1. The lowest BCUT2D eigenvalue weighted by Crippen LogP contribution is -2.51. The van der Waals surface area contributed by atoms with Crippen molar-refractivity contribution >= 4 is 56.8 Å². The number of aromatic nitrogens is 6. The van der Waals surface area contributed by atoms with Gasteiger partial charge in [-0.2, -0.15) is 22.7 Å². The van der Waals surface area contributed by atoms with Gasteiger partial charge < -0.3 is 29.5 Å². The predicted molar refractivity (Wildman–Crippen MR) is 170 cm³/mol. The van der Waals surface area contributed by atoms with Gasteiger partial charge in [-0.05, 0) is 31.4 Å². The lowest BCUT2D eigenvalue weighted by atomic mass is 10.1. The summed E-state index contributed by atoms with van der Waals surface area (Å²) in [6.45, 7) is 4.60. The quantitative estimate of drug-likeness (QED) is 0.292. The molecule has 2 N–H and O–H groups in total. The molecule has 1 fully saturated rings. The van der Waals surface area contributed by atoms with Gasteiger partial charge in [0.25, 0.3) is 11.5 Å². The number of halogens is 4. The normalized spacial score (nSPS) is 15.6. The molecule has 1 saturated heterocycles. The van der Waals surface area contributed by atoms with Crippen LogP contribution in [0.1, 0.15) is 46.6 Å². The molecule has 0 aromatic carbocycles. The third kappa shape index (κ3) is 6.34. The first kappa shape index (κ1) is 33.4. The first-order valence-electron chi connectivity index (χ1n) is 14.9. The number of rotatable bonds is 7. The summed E-state index contributed by atoms with van der Waals surface area (Å²) >= 11 is 6.39. The van der Waals surface area contributed by atoms with Crippen molar-refractivity contribution in [3.8, 4) is 5.75 Å². The summed E-state index contributed by atoms with van der Waals surface area (Å²) in [4.78, 5) is 56.4. The fraction of sp³-hybridized carbons (Fsp3) is 0.414. The minimum absolute atomic E-state index is 0.0850. The zero-order chi connectivity index (χ0) is 34.3. The van der Waals surface area contributed by atoms with E-state index in [1.807, 2.05) is 6.08 Å². The van der Waals surface area contributed by atoms with E-state index in [2.05, 4.69) is 25.4 Å². The lowest BCUT2D eigenvalue weighted by molar-refractivity contribution is -0.137. The summed E-state index contributed by atoms with van der Waals surface area (Å²) < 4.78 is 47.5. The second kappa shape index (κ2) is 13.2. The Labute approximate surface area is 279 Å². The number of nitrogens with zero attached hydrogens (tertiary/aromatic N) is 8. The van der Waals surface area contributed by atoms with E-state index in [4.69, 9.17) is 16.3 Å². The molecule has 2 aliphatic heterocycles. The van der Waals surface area contributed by atoms with Crippen molar-refractivity contribution in [2.45, 2.75) is 39.4 Å². The molecule has 0 unspecified atom stereocenters. The topological polar surface area (TPSA) is 160 Å². The van der Waals surface area contributed by atoms with Gasteiger partial charge in [-0.15, -0.1) is 16.4 Å². The van der Waals surface area contributed by atoms with E-state index in [0.717, 1.165) is 16.2 Å². The third-order valence-corrected chi connectivity index (χ3v) is 9.33. The molecule has 0 spiro atoms.